The van der Waals surface area contributed by atoms with Crippen LogP contribution in [0.5, 0.6) is 5.75 Å². The van der Waals surface area contributed by atoms with Gasteiger partial charge in [-0.3, -0.25) is 4.79 Å². The van der Waals surface area contributed by atoms with Crippen LogP contribution in [0.25, 0.3) is 0 Å². The number of furan rings is 1. The molecule has 35 heavy (non-hydrogen) atoms. The molecule has 1 aliphatic carbocycles. The lowest BCUT2D eigenvalue weighted by molar-refractivity contribution is 0.0947. The molecule has 0 radical (unpaired) electrons. The molecule has 0 unspecified atom stereocenters. The standard InChI is InChI=1S/C28H29BrN2O3S/c1-5-12-34-23-11-9-20(29)14-18(23)16-31-27-25(26(32)30-17-21-7-6-13-33-21)22-10-8-19(28(2,3)4)15-24(22)35-27/h1,6-7,9,11,13-14,16,19H,8,10,12,15,17H2,2-4H3,(H,30,32)/t19-/m1/s1. The maximum atomic E-state index is 13.4. The van der Waals surface area contributed by atoms with E-state index in [4.69, 9.17) is 20.6 Å². The number of ether oxygens (including phenoxy) is 1. The molecule has 0 saturated heterocycles. The van der Waals surface area contributed by atoms with Gasteiger partial charge in [0.2, 0.25) is 0 Å². The first-order valence-corrected chi connectivity index (χ1v) is 13.2. The number of nitrogens with zero attached hydrogens (tertiary/aromatic N) is 1. The normalized spacial score (nSPS) is 15.6. The second-order valence-electron chi connectivity index (χ2n) is 9.68. The summed E-state index contributed by atoms with van der Waals surface area (Å²) in [5.41, 5.74) is 2.79. The van der Waals surface area contributed by atoms with Gasteiger partial charge in [-0.2, -0.15) is 0 Å². The maximum absolute atomic E-state index is 13.4. The van der Waals surface area contributed by atoms with Gasteiger partial charge in [0.05, 0.1) is 18.4 Å². The number of carbonyl (C=O) groups is 1. The summed E-state index contributed by atoms with van der Waals surface area (Å²) < 4.78 is 12.0. The van der Waals surface area contributed by atoms with Gasteiger partial charge in [-0.15, -0.1) is 17.8 Å². The van der Waals surface area contributed by atoms with E-state index < -0.39 is 0 Å². The number of rotatable bonds is 7. The van der Waals surface area contributed by atoms with Gasteiger partial charge < -0.3 is 14.5 Å². The predicted octanol–water partition coefficient (Wildman–Crippen LogP) is 6.95. The van der Waals surface area contributed by atoms with Crippen LogP contribution in [0.3, 0.4) is 0 Å². The summed E-state index contributed by atoms with van der Waals surface area (Å²) in [4.78, 5) is 19.4. The molecule has 3 aromatic rings. The quantitative estimate of drug-likeness (QED) is 0.255. The molecule has 2 heterocycles. The molecule has 1 amide bonds. The zero-order chi connectivity index (χ0) is 25.0. The van der Waals surface area contributed by atoms with Crippen molar-refractivity contribution in [3.8, 4) is 18.1 Å². The molecule has 1 aliphatic rings. The van der Waals surface area contributed by atoms with Gasteiger partial charge in [0.1, 0.15) is 23.1 Å². The number of nitrogens with one attached hydrogen (secondary N) is 1. The summed E-state index contributed by atoms with van der Waals surface area (Å²) in [7, 11) is 0. The largest absolute Gasteiger partial charge is 0.480 e. The van der Waals surface area contributed by atoms with Crippen molar-refractivity contribution in [1.29, 1.82) is 0 Å². The van der Waals surface area contributed by atoms with Gasteiger partial charge in [-0.1, -0.05) is 42.6 Å². The summed E-state index contributed by atoms with van der Waals surface area (Å²) in [6.45, 7) is 7.37. The zero-order valence-corrected chi connectivity index (χ0v) is 22.6. The van der Waals surface area contributed by atoms with Crippen LogP contribution in [0, 0.1) is 23.7 Å². The van der Waals surface area contributed by atoms with Crippen LogP contribution in [0.15, 0.2) is 50.5 Å². The first-order valence-electron chi connectivity index (χ1n) is 11.6. The molecule has 7 heteroatoms. The van der Waals surface area contributed by atoms with Crippen molar-refractivity contribution in [2.24, 2.45) is 16.3 Å². The number of fused-ring (bicyclic) bond motifs is 1. The topological polar surface area (TPSA) is 63.8 Å². The monoisotopic (exact) mass is 552 g/mol. The Balaban J connectivity index is 1.68. The number of amides is 1. The first kappa shape index (κ1) is 25.3. The van der Waals surface area contributed by atoms with Gasteiger partial charge in [0.15, 0.2) is 0 Å². The van der Waals surface area contributed by atoms with Crippen LogP contribution in [0.2, 0.25) is 0 Å². The number of hydrogen-bond acceptors (Lipinski definition) is 5. The van der Waals surface area contributed by atoms with E-state index in [1.54, 1.807) is 23.8 Å². The minimum absolute atomic E-state index is 0.127. The van der Waals surface area contributed by atoms with Crippen molar-refractivity contribution in [1.82, 2.24) is 5.32 Å². The Labute approximate surface area is 219 Å². The molecule has 0 spiro atoms. The van der Waals surface area contributed by atoms with Crippen LogP contribution in [-0.2, 0) is 19.4 Å². The highest BCUT2D eigenvalue weighted by Crippen LogP contribution is 2.45. The third-order valence-corrected chi connectivity index (χ3v) is 7.96. The highest BCUT2D eigenvalue weighted by Gasteiger charge is 2.33. The highest BCUT2D eigenvalue weighted by molar-refractivity contribution is 9.10. The van der Waals surface area contributed by atoms with E-state index in [9.17, 15) is 4.79 Å². The molecule has 1 atom stereocenters. The van der Waals surface area contributed by atoms with Gasteiger partial charge in [-0.25, -0.2) is 4.99 Å². The van der Waals surface area contributed by atoms with Gasteiger partial charge in [0, 0.05) is 21.1 Å². The molecule has 0 bridgehead atoms. The van der Waals surface area contributed by atoms with Gasteiger partial charge >= 0.3 is 0 Å². The minimum atomic E-state index is -0.127. The second kappa shape index (κ2) is 10.8. The van der Waals surface area contributed by atoms with E-state index in [0.29, 0.717) is 34.5 Å². The zero-order valence-electron chi connectivity index (χ0n) is 20.2. The summed E-state index contributed by atoms with van der Waals surface area (Å²) >= 11 is 5.12. The highest BCUT2D eigenvalue weighted by atomic mass is 79.9. The molecule has 1 aromatic carbocycles. The lowest BCUT2D eigenvalue weighted by atomic mass is 9.72. The van der Waals surface area contributed by atoms with Crippen LogP contribution in [0.1, 0.15) is 59.3 Å². The Bertz CT molecular complexity index is 1260. The van der Waals surface area contributed by atoms with Crippen molar-refractivity contribution in [3.05, 3.63) is 68.4 Å². The Hall–Kier alpha value is -2.82. The Morgan fingerprint density at radius 3 is 2.94 bits per heavy atom. The van der Waals surface area contributed by atoms with Gasteiger partial charge in [-0.05, 0) is 66.5 Å². The number of benzene rings is 1. The number of halogens is 1. The molecule has 0 aliphatic heterocycles. The lowest BCUT2D eigenvalue weighted by Gasteiger charge is -2.33. The van der Waals surface area contributed by atoms with E-state index >= 15 is 0 Å². The third kappa shape index (κ3) is 6.06. The smallest absolute Gasteiger partial charge is 0.255 e. The molecular formula is C28H29BrN2O3S. The van der Waals surface area contributed by atoms with Crippen LogP contribution in [-0.4, -0.2) is 18.7 Å². The third-order valence-electron chi connectivity index (χ3n) is 6.31. The fourth-order valence-electron chi connectivity index (χ4n) is 4.30. The van der Waals surface area contributed by atoms with E-state index in [-0.39, 0.29) is 17.9 Å². The fraction of sp³-hybridized carbons (Fsp3) is 0.357. The fourth-order valence-corrected chi connectivity index (χ4v) is 5.95. The second-order valence-corrected chi connectivity index (χ2v) is 11.7. The molecule has 2 aromatic heterocycles. The Morgan fingerprint density at radius 2 is 2.23 bits per heavy atom. The van der Waals surface area contributed by atoms with Crippen LogP contribution >= 0.6 is 27.3 Å². The molecule has 0 saturated carbocycles. The van der Waals surface area contributed by atoms with Crippen molar-refractivity contribution < 1.29 is 13.9 Å². The molecule has 0 fully saturated rings. The number of hydrogen-bond donors (Lipinski definition) is 1. The molecular weight excluding hydrogens is 524 g/mol. The van der Waals surface area contributed by atoms with E-state index in [1.165, 1.54) is 4.88 Å². The van der Waals surface area contributed by atoms with Gasteiger partial charge in [0.25, 0.3) is 5.91 Å². The molecule has 5 nitrogen and oxygen atoms in total. The average molecular weight is 554 g/mol. The molecule has 4 rings (SSSR count). The summed E-state index contributed by atoms with van der Waals surface area (Å²) in [5, 5.41) is 3.72. The van der Waals surface area contributed by atoms with Crippen LogP contribution in [0.4, 0.5) is 5.00 Å². The average Bonchev–Trinajstić information content (AvgIpc) is 3.47. The molecule has 1 N–H and O–H groups in total. The Morgan fingerprint density at radius 1 is 1.40 bits per heavy atom. The molecule has 182 valence electrons. The summed E-state index contributed by atoms with van der Waals surface area (Å²) in [5.74, 6) is 4.29. The summed E-state index contributed by atoms with van der Waals surface area (Å²) in [6.07, 6.45) is 11.6. The number of thiophene rings is 1. The van der Waals surface area contributed by atoms with Crippen LogP contribution < -0.4 is 10.1 Å². The summed E-state index contributed by atoms with van der Waals surface area (Å²) in [6, 6.07) is 9.34. The van der Waals surface area contributed by atoms with Crippen molar-refractivity contribution in [2.45, 2.75) is 46.6 Å². The first-order chi connectivity index (χ1) is 16.8. The van der Waals surface area contributed by atoms with E-state index in [1.807, 2.05) is 30.3 Å². The van der Waals surface area contributed by atoms with Crippen molar-refractivity contribution >= 4 is 44.4 Å². The SMILES string of the molecule is C#CCOc1ccc(Br)cc1C=Nc1sc2c(c1C(=O)NCc1ccco1)CC[C@@H](C(C)(C)C)C2. The number of carbonyl (C=O) groups excluding carboxylic acids is 1. The van der Waals surface area contributed by atoms with Crippen molar-refractivity contribution in [3.63, 3.8) is 0 Å². The minimum Gasteiger partial charge on any atom is -0.480 e. The number of aliphatic imine (C=N–C) groups is 1. The predicted molar refractivity (Wildman–Crippen MR) is 145 cm³/mol. The Kier molecular flexibility index (Phi) is 7.83. The lowest BCUT2D eigenvalue weighted by Crippen LogP contribution is -2.28. The maximum Gasteiger partial charge on any atom is 0.255 e. The van der Waals surface area contributed by atoms with E-state index in [0.717, 1.165) is 34.9 Å². The van der Waals surface area contributed by atoms with Crippen molar-refractivity contribution in [2.75, 3.05) is 6.61 Å². The van der Waals surface area contributed by atoms with E-state index in [2.05, 4.69) is 47.9 Å². The number of terminal acetylenes is 1.